The number of nitrogens with one attached hydrogen (secondary N) is 1. The van der Waals surface area contributed by atoms with Crippen molar-refractivity contribution < 1.29 is 9.47 Å². The molecule has 0 spiro atoms. The van der Waals surface area contributed by atoms with Gasteiger partial charge < -0.3 is 14.5 Å². The molecule has 3 aromatic rings. The Bertz CT molecular complexity index is 918. The summed E-state index contributed by atoms with van der Waals surface area (Å²) in [4.78, 5) is 19.8. The molecule has 0 aliphatic rings. The van der Waals surface area contributed by atoms with Crippen molar-refractivity contribution in [3.63, 3.8) is 0 Å². The summed E-state index contributed by atoms with van der Waals surface area (Å²) in [5.41, 5.74) is 1.18. The zero-order valence-corrected chi connectivity index (χ0v) is 14.0. The highest BCUT2D eigenvalue weighted by Gasteiger charge is 2.17. The summed E-state index contributed by atoms with van der Waals surface area (Å²) in [6, 6.07) is 12.8. The van der Waals surface area contributed by atoms with E-state index >= 15 is 0 Å². The second-order valence-corrected chi connectivity index (χ2v) is 5.61. The first kappa shape index (κ1) is 16.1. The molecule has 5 heteroatoms. The van der Waals surface area contributed by atoms with Crippen LogP contribution in [0.15, 0.2) is 47.3 Å². The topological polar surface area (TPSA) is 64.2 Å². The normalized spacial score (nSPS) is 12.1. The number of para-hydroxylation sites is 2. The van der Waals surface area contributed by atoms with Crippen LogP contribution < -0.4 is 15.0 Å². The maximum Gasteiger partial charge on any atom is 0.259 e. The van der Waals surface area contributed by atoms with Crippen LogP contribution in [0.25, 0.3) is 22.3 Å². The number of hydrogen-bond acceptors (Lipinski definition) is 4. The number of aromatic amines is 1. The van der Waals surface area contributed by atoms with E-state index < -0.39 is 0 Å². The van der Waals surface area contributed by atoms with Gasteiger partial charge in [0.2, 0.25) is 0 Å². The maximum atomic E-state index is 12.3. The lowest BCUT2D eigenvalue weighted by Crippen LogP contribution is -2.13. The third-order valence-corrected chi connectivity index (χ3v) is 3.96. The van der Waals surface area contributed by atoms with Gasteiger partial charge in [0, 0.05) is 0 Å². The summed E-state index contributed by atoms with van der Waals surface area (Å²) < 4.78 is 11.5. The van der Waals surface area contributed by atoms with Gasteiger partial charge in [-0.2, -0.15) is 0 Å². The van der Waals surface area contributed by atoms with Crippen molar-refractivity contribution in [2.45, 2.75) is 26.4 Å². The Morgan fingerprint density at radius 2 is 1.96 bits per heavy atom. The zero-order chi connectivity index (χ0) is 17.1. The van der Waals surface area contributed by atoms with Gasteiger partial charge in [0.25, 0.3) is 5.56 Å². The molecule has 1 heterocycles. The quantitative estimate of drug-likeness (QED) is 0.776. The number of hydrogen-bond donors (Lipinski definition) is 1. The van der Waals surface area contributed by atoms with Gasteiger partial charge in [-0.3, -0.25) is 4.79 Å². The van der Waals surface area contributed by atoms with Crippen LogP contribution in [0, 0.1) is 0 Å². The smallest absolute Gasteiger partial charge is 0.259 e. The summed E-state index contributed by atoms with van der Waals surface area (Å²) in [6.07, 6.45) is 0.881. The first-order valence-electron chi connectivity index (χ1n) is 7.97. The molecule has 1 unspecified atom stereocenters. The molecule has 0 bridgehead atoms. The second-order valence-electron chi connectivity index (χ2n) is 5.61. The summed E-state index contributed by atoms with van der Waals surface area (Å²) in [5, 5.41) is 0.563. The molecule has 0 aliphatic heterocycles. The van der Waals surface area contributed by atoms with Crippen LogP contribution in [0.5, 0.6) is 11.5 Å². The summed E-state index contributed by atoms with van der Waals surface area (Å²) in [6.45, 7) is 4.04. The summed E-state index contributed by atoms with van der Waals surface area (Å²) >= 11 is 0. The van der Waals surface area contributed by atoms with E-state index in [1.165, 1.54) is 0 Å². The molecule has 24 heavy (non-hydrogen) atoms. The van der Waals surface area contributed by atoms with E-state index in [0.717, 1.165) is 6.42 Å². The average molecular weight is 324 g/mol. The van der Waals surface area contributed by atoms with Gasteiger partial charge in [0.15, 0.2) is 11.5 Å². The molecule has 0 saturated carbocycles. The third-order valence-electron chi connectivity index (χ3n) is 3.96. The van der Waals surface area contributed by atoms with Crippen LogP contribution in [0.4, 0.5) is 0 Å². The van der Waals surface area contributed by atoms with Crippen LogP contribution in [0.2, 0.25) is 0 Å². The first-order chi connectivity index (χ1) is 11.6. The molecule has 1 aromatic heterocycles. The lowest BCUT2D eigenvalue weighted by Gasteiger charge is -2.18. The average Bonchev–Trinajstić information content (AvgIpc) is 2.61. The highest BCUT2D eigenvalue weighted by molar-refractivity contribution is 5.80. The Labute approximate surface area is 140 Å². The van der Waals surface area contributed by atoms with Crippen molar-refractivity contribution >= 4 is 10.9 Å². The molecule has 0 radical (unpaired) electrons. The summed E-state index contributed by atoms with van der Waals surface area (Å²) in [7, 11) is 1.60. The SMILES string of the molecule is CCC(C)Oc1c(OC)cccc1-c1nc2ccccc2c(=O)[nH]1. The lowest BCUT2D eigenvalue weighted by atomic mass is 10.1. The fourth-order valence-electron chi connectivity index (χ4n) is 2.48. The standard InChI is InChI=1S/C19H20N2O3/c1-4-12(2)24-17-14(9-7-11-16(17)23-3)18-20-15-10-6-5-8-13(15)19(22)21-18/h5-12H,4H2,1-3H3,(H,20,21,22). The molecule has 0 saturated heterocycles. The Morgan fingerprint density at radius 3 is 2.71 bits per heavy atom. The number of aromatic nitrogens is 2. The summed E-state index contributed by atoms with van der Waals surface area (Å²) in [5.74, 6) is 1.67. The largest absolute Gasteiger partial charge is 0.493 e. The van der Waals surface area contributed by atoms with Gasteiger partial charge in [-0.1, -0.05) is 25.1 Å². The maximum absolute atomic E-state index is 12.3. The Morgan fingerprint density at radius 1 is 1.17 bits per heavy atom. The minimum Gasteiger partial charge on any atom is -0.493 e. The molecule has 3 rings (SSSR count). The van der Waals surface area contributed by atoms with E-state index in [4.69, 9.17) is 9.47 Å². The van der Waals surface area contributed by atoms with Crippen molar-refractivity contribution in [1.29, 1.82) is 0 Å². The van der Waals surface area contributed by atoms with Crippen molar-refractivity contribution in [3.05, 3.63) is 52.8 Å². The van der Waals surface area contributed by atoms with Gasteiger partial charge in [-0.15, -0.1) is 0 Å². The van der Waals surface area contributed by atoms with E-state index in [1.807, 2.05) is 43.3 Å². The van der Waals surface area contributed by atoms with E-state index in [0.29, 0.717) is 33.8 Å². The fourth-order valence-corrected chi connectivity index (χ4v) is 2.48. The van der Waals surface area contributed by atoms with Gasteiger partial charge in [0.1, 0.15) is 5.82 Å². The molecule has 2 aromatic carbocycles. The third kappa shape index (κ3) is 2.97. The number of methoxy groups -OCH3 is 1. The predicted molar refractivity (Wildman–Crippen MR) is 94.7 cm³/mol. The number of ether oxygens (including phenoxy) is 2. The molecule has 5 nitrogen and oxygen atoms in total. The van der Waals surface area contributed by atoms with E-state index in [2.05, 4.69) is 16.9 Å². The van der Waals surface area contributed by atoms with Crippen molar-refractivity contribution in [1.82, 2.24) is 9.97 Å². The van der Waals surface area contributed by atoms with E-state index in [1.54, 1.807) is 13.2 Å². The van der Waals surface area contributed by atoms with Gasteiger partial charge >= 0.3 is 0 Å². The van der Waals surface area contributed by atoms with Crippen LogP contribution in [-0.4, -0.2) is 23.2 Å². The van der Waals surface area contributed by atoms with Gasteiger partial charge in [0.05, 0.1) is 29.7 Å². The molecule has 1 N–H and O–H groups in total. The minimum absolute atomic E-state index is 0.0206. The van der Waals surface area contributed by atoms with Crippen LogP contribution in [0.3, 0.4) is 0 Å². The molecular weight excluding hydrogens is 304 g/mol. The number of fused-ring (bicyclic) bond motifs is 1. The molecule has 0 amide bonds. The van der Waals surface area contributed by atoms with E-state index in [-0.39, 0.29) is 11.7 Å². The number of nitrogens with zero attached hydrogens (tertiary/aromatic N) is 1. The van der Waals surface area contributed by atoms with Crippen molar-refractivity contribution in [2.24, 2.45) is 0 Å². The lowest BCUT2D eigenvalue weighted by molar-refractivity contribution is 0.208. The Hall–Kier alpha value is -2.82. The van der Waals surface area contributed by atoms with Crippen LogP contribution in [-0.2, 0) is 0 Å². The van der Waals surface area contributed by atoms with Crippen LogP contribution in [0.1, 0.15) is 20.3 Å². The van der Waals surface area contributed by atoms with Crippen molar-refractivity contribution in [2.75, 3.05) is 7.11 Å². The Kier molecular flexibility index (Phi) is 4.51. The highest BCUT2D eigenvalue weighted by Crippen LogP contribution is 2.37. The molecule has 1 atom stereocenters. The Balaban J connectivity index is 2.20. The van der Waals surface area contributed by atoms with Crippen LogP contribution >= 0.6 is 0 Å². The number of rotatable bonds is 5. The highest BCUT2D eigenvalue weighted by atomic mass is 16.5. The molecule has 0 aliphatic carbocycles. The second kappa shape index (κ2) is 6.74. The number of benzene rings is 2. The molecule has 0 fully saturated rings. The van der Waals surface area contributed by atoms with E-state index in [9.17, 15) is 4.79 Å². The predicted octanol–water partition coefficient (Wildman–Crippen LogP) is 3.78. The monoisotopic (exact) mass is 324 g/mol. The fraction of sp³-hybridized carbons (Fsp3) is 0.263. The first-order valence-corrected chi connectivity index (χ1v) is 7.97. The minimum atomic E-state index is -0.173. The molecular formula is C19H20N2O3. The zero-order valence-electron chi connectivity index (χ0n) is 14.0. The van der Waals surface area contributed by atoms with Gasteiger partial charge in [-0.25, -0.2) is 4.98 Å². The van der Waals surface area contributed by atoms with Gasteiger partial charge in [-0.05, 0) is 37.6 Å². The van der Waals surface area contributed by atoms with Crippen molar-refractivity contribution in [3.8, 4) is 22.9 Å². The number of H-pyrrole nitrogens is 1. The molecule has 124 valence electrons.